The number of nitrogens with one attached hydrogen (secondary N) is 1. The summed E-state index contributed by atoms with van der Waals surface area (Å²) in [6, 6.07) is 18.9. The van der Waals surface area contributed by atoms with Crippen molar-refractivity contribution < 1.29 is 23.8 Å². The van der Waals surface area contributed by atoms with Crippen molar-refractivity contribution in [3.63, 3.8) is 0 Å². The molecule has 1 amide bonds. The van der Waals surface area contributed by atoms with Crippen molar-refractivity contribution >= 4 is 39.0 Å². The van der Waals surface area contributed by atoms with E-state index >= 15 is 0 Å². The van der Waals surface area contributed by atoms with Crippen LogP contribution in [0.1, 0.15) is 20.7 Å². The maximum atomic E-state index is 12.8. The predicted molar refractivity (Wildman–Crippen MR) is 119 cm³/mol. The summed E-state index contributed by atoms with van der Waals surface area (Å²) in [4.78, 5) is 25.5. The quantitative estimate of drug-likeness (QED) is 0.442. The second kappa shape index (κ2) is 7.77. The third-order valence-electron chi connectivity index (χ3n) is 5.10. The molecule has 1 N–H and O–H groups in total. The molecule has 0 saturated heterocycles. The number of hydrogen-bond acceptors (Lipinski definition) is 6. The molecule has 0 saturated carbocycles. The van der Waals surface area contributed by atoms with Crippen LogP contribution in [0.25, 0.3) is 21.9 Å². The van der Waals surface area contributed by atoms with Gasteiger partial charge in [0.2, 0.25) is 6.79 Å². The normalized spacial score (nSPS) is 12.0. The highest BCUT2D eigenvalue weighted by Crippen LogP contribution is 2.38. The molecule has 6 nitrogen and oxygen atoms in total. The van der Waals surface area contributed by atoms with Crippen LogP contribution in [0.3, 0.4) is 0 Å². The molecular weight excluding hydrogens is 414 g/mol. The molecule has 0 radical (unpaired) electrons. The van der Waals surface area contributed by atoms with Crippen molar-refractivity contribution in [2.24, 2.45) is 0 Å². The second-order valence-corrected chi connectivity index (χ2v) is 7.81. The molecule has 7 heteroatoms. The number of hydrogen-bond donors (Lipinski definition) is 1. The molecule has 154 valence electrons. The highest BCUT2D eigenvalue weighted by Gasteiger charge is 2.24. The summed E-state index contributed by atoms with van der Waals surface area (Å²) in [6.45, 7) is 0.132. The van der Waals surface area contributed by atoms with Crippen molar-refractivity contribution in [3.8, 4) is 22.6 Å². The maximum absolute atomic E-state index is 12.8. The largest absolute Gasteiger partial charge is 0.465 e. The van der Waals surface area contributed by atoms with E-state index < -0.39 is 5.97 Å². The molecule has 0 atom stereocenters. The summed E-state index contributed by atoms with van der Waals surface area (Å²) in [6.07, 6.45) is 0. The molecule has 0 fully saturated rings. The van der Waals surface area contributed by atoms with E-state index in [1.54, 1.807) is 18.2 Å². The molecule has 0 unspecified atom stereocenters. The van der Waals surface area contributed by atoms with Crippen LogP contribution in [-0.4, -0.2) is 25.8 Å². The zero-order chi connectivity index (χ0) is 21.4. The molecule has 31 heavy (non-hydrogen) atoms. The predicted octanol–water partition coefficient (Wildman–Crippen LogP) is 5.34. The molecule has 0 bridgehead atoms. The molecule has 1 aromatic heterocycles. The van der Waals surface area contributed by atoms with Crippen molar-refractivity contribution in [1.82, 2.24) is 0 Å². The van der Waals surface area contributed by atoms with Crippen LogP contribution in [0.2, 0.25) is 0 Å². The number of carbonyl (C=O) groups excluding carboxylic acids is 2. The Bertz CT molecular complexity index is 1330. The smallest absolute Gasteiger partial charge is 0.341 e. The van der Waals surface area contributed by atoms with Crippen LogP contribution in [0.5, 0.6) is 11.5 Å². The van der Waals surface area contributed by atoms with Gasteiger partial charge in [-0.1, -0.05) is 36.4 Å². The molecule has 0 spiro atoms. The van der Waals surface area contributed by atoms with E-state index in [2.05, 4.69) is 5.32 Å². The molecule has 5 rings (SSSR count). The molecule has 3 aromatic carbocycles. The minimum atomic E-state index is -0.509. The van der Waals surface area contributed by atoms with E-state index in [4.69, 9.17) is 14.2 Å². The van der Waals surface area contributed by atoms with Crippen LogP contribution in [0.15, 0.2) is 66.0 Å². The van der Waals surface area contributed by atoms with Gasteiger partial charge in [-0.3, -0.25) is 4.79 Å². The van der Waals surface area contributed by atoms with Crippen molar-refractivity contribution in [2.75, 3.05) is 19.2 Å². The van der Waals surface area contributed by atoms with Gasteiger partial charge in [0, 0.05) is 16.5 Å². The third kappa shape index (κ3) is 3.49. The lowest BCUT2D eigenvalue weighted by Gasteiger charge is -2.09. The number of benzene rings is 3. The fourth-order valence-corrected chi connectivity index (χ4v) is 4.49. The molecular formula is C24H17NO5S. The Morgan fingerprint density at radius 2 is 1.77 bits per heavy atom. The molecule has 0 aliphatic carbocycles. The van der Waals surface area contributed by atoms with Gasteiger partial charge in [-0.2, -0.15) is 0 Å². The molecule has 4 aromatic rings. The number of rotatable bonds is 4. The second-order valence-electron chi connectivity index (χ2n) is 6.93. The van der Waals surface area contributed by atoms with Gasteiger partial charge in [-0.05, 0) is 40.6 Å². The summed E-state index contributed by atoms with van der Waals surface area (Å²) in [5.41, 5.74) is 2.32. The SMILES string of the molecule is COC(=O)c1c(-c2ccc3ccccc3c2)csc1NC(=O)c1ccc2c(c1)OCO2. The zero-order valence-electron chi connectivity index (χ0n) is 16.5. The highest BCUT2D eigenvalue weighted by molar-refractivity contribution is 7.15. The van der Waals surface area contributed by atoms with E-state index in [-0.39, 0.29) is 12.7 Å². The Hall–Kier alpha value is -3.84. The zero-order valence-corrected chi connectivity index (χ0v) is 17.3. The number of methoxy groups -OCH3 is 1. The Balaban J connectivity index is 1.51. The number of fused-ring (bicyclic) bond motifs is 2. The number of esters is 1. The number of ether oxygens (including phenoxy) is 3. The van der Waals surface area contributed by atoms with Crippen LogP contribution >= 0.6 is 11.3 Å². The number of thiophene rings is 1. The van der Waals surface area contributed by atoms with Crippen molar-refractivity contribution in [1.29, 1.82) is 0 Å². The first-order chi connectivity index (χ1) is 15.1. The van der Waals surface area contributed by atoms with Gasteiger partial charge in [0.15, 0.2) is 11.5 Å². The van der Waals surface area contributed by atoms with Crippen LogP contribution in [-0.2, 0) is 4.74 Å². The average Bonchev–Trinajstić information content (AvgIpc) is 3.44. The maximum Gasteiger partial charge on any atom is 0.341 e. The minimum absolute atomic E-state index is 0.132. The number of amides is 1. The fraction of sp³-hybridized carbons (Fsp3) is 0.0833. The number of carbonyl (C=O) groups is 2. The van der Waals surface area contributed by atoms with Crippen LogP contribution in [0, 0.1) is 0 Å². The summed E-state index contributed by atoms with van der Waals surface area (Å²) in [7, 11) is 1.33. The Kier molecular flexibility index (Phi) is 4.80. The fourth-order valence-electron chi connectivity index (χ4n) is 3.54. The topological polar surface area (TPSA) is 73.9 Å². The Morgan fingerprint density at radius 3 is 2.61 bits per heavy atom. The van der Waals surface area contributed by atoms with Crippen molar-refractivity contribution in [3.05, 3.63) is 77.2 Å². The Morgan fingerprint density at radius 1 is 0.968 bits per heavy atom. The summed E-state index contributed by atoms with van der Waals surface area (Å²) >= 11 is 1.28. The van der Waals surface area contributed by atoms with Crippen molar-refractivity contribution in [2.45, 2.75) is 0 Å². The van der Waals surface area contributed by atoms with E-state index in [9.17, 15) is 9.59 Å². The van der Waals surface area contributed by atoms with Crippen LogP contribution < -0.4 is 14.8 Å². The van der Waals surface area contributed by atoms with Crippen LogP contribution in [0.4, 0.5) is 5.00 Å². The summed E-state index contributed by atoms with van der Waals surface area (Å²) in [5.74, 6) is 0.256. The summed E-state index contributed by atoms with van der Waals surface area (Å²) in [5, 5.41) is 7.30. The Labute approximate surface area is 182 Å². The van der Waals surface area contributed by atoms with E-state index in [1.807, 2.05) is 47.8 Å². The molecule has 1 aliphatic rings. The van der Waals surface area contributed by atoms with Gasteiger partial charge in [0.1, 0.15) is 10.6 Å². The monoisotopic (exact) mass is 431 g/mol. The lowest BCUT2D eigenvalue weighted by Crippen LogP contribution is -2.14. The van der Waals surface area contributed by atoms with Gasteiger partial charge >= 0.3 is 5.97 Å². The summed E-state index contributed by atoms with van der Waals surface area (Å²) < 4.78 is 15.6. The van der Waals surface area contributed by atoms with Gasteiger partial charge in [-0.25, -0.2) is 4.79 Å². The first-order valence-electron chi connectivity index (χ1n) is 9.54. The standard InChI is InChI=1S/C24H17NO5S/c1-28-24(27)21-18(16-7-6-14-4-2-3-5-15(14)10-16)12-31-23(21)25-22(26)17-8-9-19-20(11-17)30-13-29-19/h2-12H,13H2,1H3,(H,25,26). The molecule has 2 heterocycles. The highest BCUT2D eigenvalue weighted by atomic mass is 32.1. The molecule has 1 aliphatic heterocycles. The van der Waals surface area contributed by atoms with Gasteiger partial charge in [-0.15, -0.1) is 11.3 Å². The first-order valence-corrected chi connectivity index (χ1v) is 10.4. The average molecular weight is 431 g/mol. The van der Waals surface area contributed by atoms with Gasteiger partial charge < -0.3 is 19.5 Å². The lowest BCUT2D eigenvalue weighted by molar-refractivity contribution is 0.0603. The first kappa shape index (κ1) is 19.1. The van der Waals surface area contributed by atoms with Gasteiger partial charge in [0.05, 0.1) is 7.11 Å². The minimum Gasteiger partial charge on any atom is -0.465 e. The van der Waals surface area contributed by atoms with Gasteiger partial charge in [0.25, 0.3) is 5.91 Å². The third-order valence-corrected chi connectivity index (χ3v) is 6.00. The number of anilines is 1. The van der Waals surface area contributed by atoms with E-state index in [0.29, 0.717) is 33.2 Å². The van der Waals surface area contributed by atoms with E-state index in [1.165, 1.54) is 18.4 Å². The lowest BCUT2D eigenvalue weighted by atomic mass is 10.00. The van der Waals surface area contributed by atoms with E-state index in [0.717, 1.165) is 16.3 Å².